The Morgan fingerprint density at radius 3 is 2.61 bits per heavy atom. The Balaban J connectivity index is 4.64. The van der Waals surface area contributed by atoms with Crippen molar-refractivity contribution in [3.05, 3.63) is 36.1 Å². The fraction of sp³-hybridized carbons (Fsp3) is 0.600. The van der Waals surface area contributed by atoms with Crippen molar-refractivity contribution in [1.82, 2.24) is 4.72 Å². The van der Waals surface area contributed by atoms with Crippen LogP contribution in [0.15, 0.2) is 36.1 Å². The van der Waals surface area contributed by atoms with Crippen LogP contribution in [0.3, 0.4) is 0 Å². The van der Waals surface area contributed by atoms with Gasteiger partial charge in [-0.1, -0.05) is 56.0 Å². The van der Waals surface area contributed by atoms with Crippen molar-refractivity contribution >= 4 is 11.9 Å². The summed E-state index contributed by atoms with van der Waals surface area (Å²) in [6.07, 6.45) is 11.5. The summed E-state index contributed by atoms with van der Waals surface area (Å²) in [7, 11) is 0. The van der Waals surface area contributed by atoms with Gasteiger partial charge in [-0.25, -0.2) is 0 Å². The zero-order valence-electron chi connectivity index (χ0n) is 12.0. The molecule has 0 aromatic heterocycles. The highest BCUT2D eigenvalue weighted by atomic mass is 32.2. The molecule has 0 bridgehead atoms. The fourth-order valence-electron chi connectivity index (χ4n) is 1.88. The first-order valence-electron chi connectivity index (χ1n) is 6.52. The number of unbranched alkanes of at least 4 members (excludes halogenated alkanes) is 1. The second kappa shape index (κ2) is 10.3. The van der Waals surface area contributed by atoms with E-state index in [2.05, 4.69) is 43.4 Å². The summed E-state index contributed by atoms with van der Waals surface area (Å²) < 4.78 is 3.14. The van der Waals surface area contributed by atoms with Crippen LogP contribution in [0.4, 0.5) is 0 Å². The predicted molar refractivity (Wildman–Crippen MR) is 81.2 cm³/mol. The fourth-order valence-corrected chi connectivity index (χ4v) is 2.50. The molecule has 1 N–H and O–H groups in total. The average molecular weight is 268 g/mol. The highest BCUT2D eigenvalue weighted by Crippen LogP contribution is 2.20. The van der Waals surface area contributed by atoms with Crippen LogP contribution in [0.25, 0.3) is 0 Å². The lowest BCUT2D eigenvalue weighted by atomic mass is 9.92. The van der Waals surface area contributed by atoms with Gasteiger partial charge in [-0.05, 0) is 31.9 Å². The number of allylic oxidation sites excluding steroid dienone is 4. The van der Waals surface area contributed by atoms with Gasteiger partial charge in [0.25, 0.3) is 0 Å². The summed E-state index contributed by atoms with van der Waals surface area (Å²) in [5, 5.41) is 11.5. The van der Waals surface area contributed by atoms with E-state index in [4.69, 9.17) is 0 Å². The van der Waals surface area contributed by atoms with Gasteiger partial charge in [-0.2, -0.15) is 0 Å². The quantitative estimate of drug-likeness (QED) is 0.395. The molecule has 0 aliphatic rings. The number of nitrogens with one attached hydrogen (secondary N) is 1. The van der Waals surface area contributed by atoms with Crippen LogP contribution in [0, 0.1) is 5.92 Å². The summed E-state index contributed by atoms with van der Waals surface area (Å²) in [5.41, 5.74) is 1.31. The van der Waals surface area contributed by atoms with E-state index in [-0.39, 0.29) is 17.7 Å². The van der Waals surface area contributed by atoms with E-state index in [1.54, 1.807) is 0 Å². The van der Waals surface area contributed by atoms with E-state index in [0.29, 0.717) is 0 Å². The molecule has 0 aromatic rings. The van der Waals surface area contributed by atoms with Crippen LogP contribution in [0.5, 0.6) is 0 Å². The van der Waals surface area contributed by atoms with E-state index in [1.807, 2.05) is 13.2 Å². The molecule has 0 saturated heterocycles. The zero-order valence-corrected chi connectivity index (χ0v) is 12.8. The minimum absolute atomic E-state index is 0.0350. The van der Waals surface area contributed by atoms with Gasteiger partial charge in [0.15, 0.2) is 0 Å². The van der Waals surface area contributed by atoms with Gasteiger partial charge < -0.3 is 5.11 Å². The largest absolute Gasteiger partial charge is 0.875 e. The van der Waals surface area contributed by atoms with E-state index in [1.165, 1.54) is 17.5 Å². The minimum atomic E-state index is -0.171. The first-order valence-corrected chi connectivity index (χ1v) is 7.75. The first kappa shape index (κ1) is 17.3. The van der Waals surface area contributed by atoms with E-state index in [0.717, 1.165) is 19.3 Å². The molecule has 3 heteroatoms. The topological polar surface area (TPSA) is 35.1 Å². The van der Waals surface area contributed by atoms with E-state index < -0.39 is 0 Å². The van der Waals surface area contributed by atoms with Crippen LogP contribution < -0.4 is 9.83 Å². The predicted octanol–water partition coefficient (Wildman–Crippen LogP) is 3.43. The molecule has 104 valence electrons. The Hall–Kier alpha value is -0.670. The SMILES string of the molecule is C=C([O-])C(NSC)C(C)CC(/C=C\C)=C/CCC. The molecular weight excluding hydrogens is 242 g/mol. The Bertz CT molecular complexity index is 297. The second-order valence-electron chi connectivity index (χ2n) is 4.52. The molecule has 0 radical (unpaired) electrons. The standard InChI is InChI=1S/C15H27NOS/c1-6-8-10-14(9-7-2)11-12(3)15(13(4)17)16-18-5/h7,9-10,12,15-17H,4,6,8,11H2,1-3,5H3/p-1/b9-7-,14-10+. The molecule has 0 amide bonds. The summed E-state index contributed by atoms with van der Waals surface area (Å²) in [6.45, 7) is 9.83. The van der Waals surface area contributed by atoms with Gasteiger partial charge >= 0.3 is 0 Å². The summed E-state index contributed by atoms with van der Waals surface area (Å²) >= 11 is 1.48. The smallest absolute Gasteiger partial charge is 0.0304 e. The molecule has 0 saturated carbocycles. The molecule has 0 aromatic carbocycles. The lowest BCUT2D eigenvalue weighted by Gasteiger charge is -2.29. The van der Waals surface area contributed by atoms with Gasteiger partial charge in [0.2, 0.25) is 0 Å². The van der Waals surface area contributed by atoms with E-state index in [9.17, 15) is 5.11 Å². The van der Waals surface area contributed by atoms with Crippen molar-refractivity contribution in [2.24, 2.45) is 5.92 Å². The van der Waals surface area contributed by atoms with Crippen LogP contribution >= 0.6 is 11.9 Å². The second-order valence-corrected chi connectivity index (χ2v) is 5.16. The molecule has 2 unspecified atom stereocenters. The van der Waals surface area contributed by atoms with Crippen molar-refractivity contribution in [2.75, 3.05) is 6.26 Å². The Kier molecular flexibility index (Phi) is 9.89. The molecule has 0 rings (SSSR count). The highest BCUT2D eigenvalue weighted by Gasteiger charge is 2.15. The summed E-state index contributed by atoms with van der Waals surface area (Å²) in [5.74, 6) is 0.217. The maximum atomic E-state index is 11.5. The summed E-state index contributed by atoms with van der Waals surface area (Å²) in [6, 6.07) is -0.171. The van der Waals surface area contributed by atoms with Crippen LogP contribution in [-0.4, -0.2) is 12.3 Å². The number of hydrogen-bond donors (Lipinski definition) is 1. The first-order chi connectivity index (χ1) is 8.56. The normalized spacial score (nSPS) is 15.9. The van der Waals surface area contributed by atoms with Gasteiger partial charge in [-0.3, -0.25) is 4.72 Å². The third-order valence-corrected chi connectivity index (χ3v) is 3.28. The van der Waals surface area contributed by atoms with Gasteiger partial charge in [0.1, 0.15) is 0 Å². The number of rotatable bonds is 9. The molecule has 0 heterocycles. The zero-order chi connectivity index (χ0) is 14.0. The molecule has 0 fully saturated rings. The molecule has 2 nitrogen and oxygen atoms in total. The molecule has 18 heavy (non-hydrogen) atoms. The van der Waals surface area contributed by atoms with Gasteiger partial charge in [-0.15, -0.1) is 12.3 Å². The third-order valence-electron chi connectivity index (χ3n) is 2.79. The van der Waals surface area contributed by atoms with Crippen LogP contribution in [-0.2, 0) is 0 Å². The Morgan fingerprint density at radius 2 is 2.17 bits per heavy atom. The van der Waals surface area contributed by atoms with Crippen LogP contribution in [0.1, 0.15) is 40.0 Å². The van der Waals surface area contributed by atoms with Crippen LogP contribution in [0.2, 0.25) is 0 Å². The maximum Gasteiger partial charge on any atom is 0.0304 e. The lowest BCUT2D eigenvalue weighted by Crippen LogP contribution is -2.36. The van der Waals surface area contributed by atoms with Crippen molar-refractivity contribution in [3.8, 4) is 0 Å². The lowest BCUT2D eigenvalue weighted by molar-refractivity contribution is -0.310. The van der Waals surface area contributed by atoms with E-state index >= 15 is 0 Å². The molecule has 0 aliphatic heterocycles. The van der Waals surface area contributed by atoms with Crippen molar-refractivity contribution in [3.63, 3.8) is 0 Å². The number of hydrogen-bond acceptors (Lipinski definition) is 3. The van der Waals surface area contributed by atoms with Gasteiger partial charge in [0, 0.05) is 6.04 Å². The highest BCUT2D eigenvalue weighted by molar-refractivity contribution is 7.96. The summed E-state index contributed by atoms with van der Waals surface area (Å²) in [4.78, 5) is 0. The van der Waals surface area contributed by atoms with Gasteiger partial charge in [0.05, 0.1) is 0 Å². The Morgan fingerprint density at radius 1 is 1.50 bits per heavy atom. The van der Waals surface area contributed by atoms with Crippen molar-refractivity contribution in [1.29, 1.82) is 0 Å². The average Bonchev–Trinajstić information content (AvgIpc) is 2.32. The van der Waals surface area contributed by atoms with Crippen molar-refractivity contribution in [2.45, 2.75) is 46.1 Å². The minimum Gasteiger partial charge on any atom is -0.875 e. The molecule has 0 spiro atoms. The molecule has 0 aliphatic carbocycles. The third kappa shape index (κ3) is 6.92. The van der Waals surface area contributed by atoms with Crippen molar-refractivity contribution < 1.29 is 5.11 Å². The monoisotopic (exact) mass is 268 g/mol. The molecule has 2 atom stereocenters. The molecular formula is C15H26NOS-. The maximum absolute atomic E-state index is 11.5. The Labute approximate surface area is 116 Å².